The number of para-hydroxylation sites is 3. The lowest BCUT2D eigenvalue weighted by Crippen LogP contribution is -2.51. The van der Waals surface area contributed by atoms with Gasteiger partial charge in [-0.15, -0.1) is 0 Å². The first-order chi connectivity index (χ1) is 13.5. The molecule has 1 unspecified atom stereocenters. The zero-order valence-electron chi connectivity index (χ0n) is 15.7. The third-order valence-electron chi connectivity index (χ3n) is 5.29. The number of piperazine rings is 1. The maximum Gasteiger partial charge on any atom is 0.268 e. The predicted octanol–water partition coefficient (Wildman–Crippen LogP) is 2.29. The lowest BCUT2D eigenvalue weighted by atomic mass is 10.1. The Kier molecular flexibility index (Phi) is 4.90. The molecule has 4 rings (SSSR count). The number of halogens is 1. The summed E-state index contributed by atoms with van der Waals surface area (Å²) in [6, 6.07) is 13.9. The van der Waals surface area contributed by atoms with Gasteiger partial charge in [-0.2, -0.15) is 0 Å². The highest BCUT2D eigenvalue weighted by molar-refractivity contribution is 6.01. The molecule has 1 saturated heterocycles. The number of ether oxygens (including phenoxy) is 1. The number of rotatable bonds is 3. The van der Waals surface area contributed by atoms with Gasteiger partial charge >= 0.3 is 0 Å². The number of amides is 2. The Morgan fingerprint density at radius 1 is 1.04 bits per heavy atom. The number of likely N-dealkylation sites (N-methyl/N-ethyl adjacent to an activating group) is 1. The summed E-state index contributed by atoms with van der Waals surface area (Å²) in [5.74, 6) is -0.00619. The first kappa shape index (κ1) is 18.3. The van der Waals surface area contributed by atoms with Crippen molar-refractivity contribution < 1.29 is 18.7 Å². The third kappa shape index (κ3) is 3.40. The number of carbonyl (C=O) groups excluding carboxylic acids is 2. The maximum atomic E-state index is 14.0. The van der Waals surface area contributed by atoms with Gasteiger partial charge in [0.1, 0.15) is 11.6 Å². The zero-order valence-corrected chi connectivity index (χ0v) is 15.7. The van der Waals surface area contributed by atoms with Crippen molar-refractivity contribution in [3.05, 3.63) is 54.3 Å². The SMILES string of the molecule is CN1C(=O)C(CC(=O)N2CCN(c3ccccc3F)CC2)Oc2ccccc21. The highest BCUT2D eigenvalue weighted by Gasteiger charge is 2.35. The predicted molar refractivity (Wildman–Crippen MR) is 104 cm³/mol. The van der Waals surface area contributed by atoms with Crippen LogP contribution < -0.4 is 14.5 Å². The molecule has 2 heterocycles. The Morgan fingerprint density at radius 2 is 1.68 bits per heavy atom. The topological polar surface area (TPSA) is 53.1 Å². The average molecular weight is 383 g/mol. The second-order valence-corrected chi connectivity index (χ2v) is 6.99. The summed E-state index contributed by atoms with van der Waals surface area (Å²) in [5, 5.41) is 0. The van der Waals surface area contributed by atoms with Crippen molar-refractivity contribution in [3.8, 4) is 5.75 Å². The molecule has 2 aliphatic heterocycles. The van der Waals surface area contributed by atoms with E-state index in [2.05, 4.69) is 0 Å². The number of carbonyl (C=O) groups is 2. The Hall–Kier alpha value is -3.09. The van der Waals surface area contributed by atoms with Crippen LogP contribution >= 0.6 is 0 Å². The fourth-order valence-electron chi connectivity index (χ4n) is 3.69. The van der Waals surface area contributed by atoms with E-state index in [1.54, 1.807) is 36.2 Å². The van der Waals surface area contributed by atoms with E-state index in [9.17, 15) is 14.0 Å². The molecule has 2 aromatic carbocycles. The molecule has 7 heteroatoms. The normalized spacial score (nSPS) is 19.3. The molecule has 0 saturated carbocycles. The van der Waals surface area contributed by atoms with E-state index < -0.39 is 6.10 Å². The van der Waals surface area contributed by atoms with Gasteiger partial charge in [-0.1, -0.05) is 24.3 Å². The van der Waals surface area contributed by atoms with E-state index in [-0.39, 0.29) is 24.1 Å². The summed E-state index contributed by atoms with van der Waals surface area (Å²) in [7, 11) is 1.69. The second kappa shape index (κ2) is 7.50. The van der Waals surface area contributed by atoms with E-state index in [1.807, 2.05) is 23.1 Å². The van der Waals surface area contributed by atoms with Gasteiger partial charge in [0.2, 0.25) is 5.91 Å². The number of hydrogen-bond donors (Lipinski definition) is 0. The smallest absolute Gasteiger partial charge is 0.268 e. The second-order valence-electron chi connectivity index (χ2n) is 6.99. The van der Waals surface area contributed by atoms with Crippen LogP contribution in [0.3, 0.4) is 0 Å². The third-order valence-corrected chi connectivity index (χ3v) is 5.29. The summed E-state index contributed by atoms with van der Waals surface area (Å²) < 4.78 is 19.7. The van der Waals surface area contributed by atoms with Crippen molar-refractivity contribution in [3.63, 3.8) is 0 Å². The van der Waals surface area contributed by atoms with Crippen molar-refractivity contribution in [1.82, 2.24) is 4.90 Å². The van der Waals surface area contributed by atoms with E-state index >= 15 is 0 Å². The van der Waals surface area contributed by atoms with Crippen LogP contribution in [0.4, 0.5) is 15.8 Å². The number of benzene rings is 2. The first-order valence-corrected chi connectivity index (χ1v) is 9.35. The molecule has 28 heavy (non-hydrogen) atoms. The molecule has 2 aromatic rings. The van der Waals surface area contributed by atoms with E-state index in [0.717, 1.165) is 0 Å². The van der Waals surface area contributed by atoms with E-state index in [0.29, 0.717) is 43.3 Å². The van der Waals surface area contributed by atoms with Gasteiger partial charge in [0.15, 0.2) is 6.10 Å². The van der Waals surface area contributed by atoms with Gasteiger partial charge in [0.25, 0.3) is 5.91 Å². The molecular weight excluding hydrogens is 361 g/mol. The molecule has 0 bridgehead atoms. The van der Waals surface area contributed by atoms with Crippen LogP contribution in [0.1, 0.15) is 6.42 Å². The minimum atomic E-state index is -0.822. The molecule has 0 aliphatic carbocycles. The fourth-order valence-corrected chi connectivity index (χ4v) is 3.69. The van der Waals surface area contributed by atoms with Crippen LogP contribution in [0.2, 0.25) is 0 Å². The minimum absolute atomic E-state index is 0.00277. The molecule has 0 radical (unpaired) electrons. The molecular formula is C21H22FN3O3. The number of fused-ring (bicyclic) bond motifs is 1. The van der Waals surface area contributed by atoms with Crippen molar-refractivity contribution in [2.45, 2.75) is 12.5 Å². The Morgan fingerprint density at radius 3 is 2.39 bits per heavy atom. The average Bonchev–Trinajstić information content (AvgIpc) is 2.72. The number of anilines is 2. The van der Waals surface area contributed by atoms with Crippen LogP contribution in [0, 0.1) is 5.82 Å². The highest BCUT2D eigenvalue weighted by atomic mass is 19.1. The van der Waals surface area contributed by atoms with Crippen molar-refractivity contribution in [1.29, 1.82) is 0 Å². The molecule has 2 aliphatic rings. The number of nitrogens with zero attached hydrogens (tertiary/aromatic N) is 3. The number of hydrogen-bond acceptors (Lipinski definition) is 4. The Labute approximate surface area is 163 Å². The van der Waals surface area contributed by atoms with Crippen LogP contribution in [-0.4, -0.2) is 56.0 Å². The maximum absolute atomic E-state index is 14.0. The van der Waals surface area contributed by atoms with Gasteiger partial charge in [-0.05, 0) is 24.3 Å². The summed E-state index contributed by atoms with van der Waals surface area (Å²) in [6.07, 6.45) is -0.825. The van der Waals surface area contributed by atoms with Crippen LogP contribution in [0.25, 0.3) is 0 Å². The van der Waals surface area contributed by atoms with E-state index in [1.165, 1.54) is 11.0 Å². The Balaban J connectivity index is 1.38. The molecule has 0 spiro atoms. The van der Waals surface area contributed by atoms with Crippen molar-refractivity contribution >= 4 is 23.2 Å². The molecule has 2 amide bonds. The van der Waals surface area contributed by atoms with Gasteiger partial charge in [0, 0.05) is 33.2 Å². The highest BCUT2D eigenvalue weighted by Crippen LogP contribution is 2.33. The molecule has 1 fully saturated rings. The van der Waals surface area contributed by atoms with Crippen LogP contribution in [0.15, 0.2) is 48.5 Å². The zero-order chi connectivity index (χ0) is 19.7. The lowest BCUT2D eigenvalue weighted by molar-refractivity contribution is -0.138. The molecule has 146 valence electrons. The minimum Gasteiger partial charge on any atom is -0.478 e. The summed E-state index contributed by atoms with van der Waals surface area (Å²) in [6.45, 7) is 2.07. The summed E-state index contributed by atoms with van der Waals surface area (Å²) >= 11 is 0. The summed E-state index contributed by atoms with van der Waals surface area (Å²) in [5.41, 5.74) is 1.26. The first-order valence-electron chi connectivity index (χ1n) is 9.35. The van der Waals surface area contributed by atoms with Gasteiger partial charge in [0.05, 0.1) is 17.8 Å². The van der Waals surface area contributed by atoms with Crippen LogP contribution in [-0.2, 0) is 9.59 Å². The molecule has 6 nitrogen and oxygen atoms in total. The molecule has 1 atom stereocenters. The monoisotopic (exact) mass is 383 g/mol. The fraction of sp³-hybridized carbons (Fsp3) is 0.333. The molecule has 0 aromatic heterocycles. The standard InChI is InChI=1S/C21H22FN3O3/c1-23-17-8-4-5-9-18(17)28-19(21(23)27)14-20(26)25-12-10-24(11-13-25)16-7-3-2-6-15(16)22/h2-9,19H,10-14H2,1H3. The molecule has 0 N–H and O–H groups in total. The van der Waals surface area contributed by atoms with Crippen molar-refractivity contribution in [2.75, 3.05) is 43.0 Å². The van der Waals surface area contributed by atoms with Crippen LogP contribution in [0.5, 0.6) is 5.75 Å². The Bertz CT molecular complexity index is 896. The quantitative estimate of drug-likeness (QED) is 0.816. The van der Waals surface area contributed by atoms with E-state index in [4.69, 9.17) is 4.74 Å². The van der Waals surface area contributed by atoms with Crippen molar-refractivity contribution in [2.24, 2.45) is 0 Å². The lowest BCUT2D eigenvalue weighted by Gasteiger charge is -2.37. The van der Waals surface area contributed by atoms with Gasteiger partial charge < -0.3 is 19.4 Å². The van der Waals surface area contributed by atoms with Gasteiger partial charge in [-0.3, -0.25) is 9.59 Å². The largest absolute Gasteiger partial charge is 0.478 e. The summed E-state index contributed by atoms with van der Waals surface area (Å²) in [4.78, 5) is 30.5. The van der Waals surface area contributed by atoms with Gasteiger partial charge in [-0.25, -0.2) is 4.39 Å².